The van der Waals surface area contributed by atoms with Gasteiger partial charge in [-0.2, -0.15) is 0 Å². The van der Waals surface area contributed by atoms with Gasteiger partial charge in [0, 0.05) is 22.5 Å². The minimum Gasteiger partial charge on any atom is -0.508 e. The highest BCUT2D eigenvalue weighted by Gasteiger charge is 2.30. The number of rotatable bonds is 2. The van der Waals surface area contributed by atoms with Crippen molar-refractivity contribution in [2.45, 2.75) is 52.4 Å². The molecule has 0 unspecified atom stereocenters. The zero-order chi connectivity index (χ0) is 24.2. The monoisotopic (exact) mass is 441 g/mol. The van der Waals surface area contributed by atoms with Crippen LogP contribution >= 0.6 is 0 Å². The first-order valence-corrected chi connectivity index (χ1v) is 11.3. The predicted molar refractivity (Wildman–Crippen MR) is 141 cm³/mol. The van der Waals surface area contributed by atoms with Gasteiger partial charge in [0.25, 0.3) is 0 Å². The van der Waals surface area contributed by atoms with Gasteiger partial charge in [-0.05, 0) is 58.0 Å². The summed E-state index contributed by atoms with van der Waals surface area (Å²) < 4.78 is 0. The molecule has 0 spiro atoms. The van der Waals surface area contributed by atoms with Crippen molar-refractivity contribution in [3.05, 3.63) is 96.1 Å². The van der Waals surface area contributed by atoms with Crippen molar-refractivity contribution in [3.63, 3.8) is 0 Å². The molecule has 4 rings (SSSR count). The van der Waals surface area contributed by atoms with E-state index >= 15 is 0 Å². The van der Waals surface area contributed by atoms with Crippen LogP contribution in [0.2, 0.25) is 0 Å². The summed E-state index contributed by atoms with van der Waals surface area (Å²) in [6.07, 6.45) is 0. The number of fused-ring (bicyclic) bond motifs is 1. The highest BCUT2D eigenvalue weighted by molar-refractivity contribution is 5.86. The lowest BCUT2D eigenvalue weighted by atomic mass is 9.74. The Balaban J connectivity index is 0.000000186. The second-order valence-corrected chi connectivity index (χ2v) is 10.4. The van der Waals surface area contributed by atoms with Gasteiger partial charge in [-0.25, -0.2) is 0 Å². The summed E-state index contributed by atoms with van der Waals surface area (Å²) in [7, 11) is 0. The van der Waals surface area contributed by atoms with Crippen molar-refractivity contribution in [2.24, 2.45) is 0 Å². The number of phenolic OH excluding ortho intramolecular Hbond substituents is 2. The molecule has 0 heterocycles. The van der Waals surface area contributed by atoms with Crippen LogP contribution in [0.5, 0.6) is 11.5 Å². The molecule has 4 aromatic rings. The number of hydrogen-bond acceptors (Lipinski definition) is 3. The van der Waals surface area contributed by atoms with Gasteiger partial charge >= 0.3 is 0 Å². The van der Waals surface area contributed by atoms with Crippen molar-refractivity contribution in [1.29, 1.82) is 0 Å². The topological polar surface area (TPSA) is 52.5 Å². The average molecular weight is 442 g/mol. The number of phenols is 2. The Morgan fingerprint density at radius 1 is 0.515 bits per heavy atom. The van der Waals surface area contributed by atoms with Gasteiger partial charge in [-0.3, -0.25) is 0 Å². The molecule has 3 heteroatoms. The van der Waals surface area contributed by atoms with Crippen molar-refractivity contribution < 1.29 is 10.2 Å². The molecule has 0 atom stereocenters. The number of para-hydroxylation sites is 1. The Hall–Kier alpha value is -3.46. The molecule has 0 aliphatic carbocycles. The van der Waals surface area contributed by atoms with Crippen LogP contribution in [0.1, 0.15) is 52.7 Å². The minimum absolute atomic E-state index is 0.189. The van der Waals surface area contributed by atoms with E-state index in [1.807, 2.05) is 59.7 Å². The summed E-state index contributed by atoms with van der Waals surface area (Å²) in [6.45, 7) is 12.2. The molecule has 0 aliphatic rings. The second-order valence-electron chi connectivity index (χ2n) is 10.4. The Morgan fingerprint density at radius 3 is 1.52 bits per heavy atom. The number of anilines is 2. The van der Waals surface area contributed by atoms with Crippen molar-refractivity contribution in [1.82, 2.24) is 0 Å². The van der Waals surface area contributed by atoms with Crippen LogP contribution in [0.25, 0.3) is 10.8 Å². The molecule has 0 radical (unpaired) electrons. The van der Waals surface area contributed by atoms with Gasteiger partial charge in [0.2, 0.25) is 0 Å². The smallest absolute Gasteiger partial charge is 0.119 e. The van der Waals surface area contributed by atoms with Gasteiger partial charge in [0.1, 0.15) is 11.5 Å². The zero-order valence-electron chi connectivity index (χ0n) is 20.5. The fourth-order valence-corrected chi connectivity index (χ4v) is 4.05. The third-order valence-corrected chi connectivity index (χ3v) is 5.47. The zero-order valence-corrected chi connectivity index (χ0v) is 20.5. The van der Waals surface area contributed by atoms with E-state index in [-0.39, 0.29) is 22.3 Å². The fourth-order valence-electron chi connectivity index (χ4n) is 4.05. The molecule has 33 heavy (non-hydrogen) atoms. The summed E-state index contributed by atoms with van der Waals surface area (Å²) in [5.41, 5.74) is 3.52. The number of aromatic hydroxyl groups is 2. The summed E-state index contributed by atoms with van der Waals surface area (Å²) >= 11 is 0. The molecule has 0 fully saturated rings. The molecule has 172 valence electrons. The van der Waals surface area contributed by atoms with E-state index in [1.54, 1.807) is 12.1 Å². The largest absolute Gasteiger partial charge is 0.508 e. The first-order valence-electron chi connectivity index (χ1n) is 11.3. The first-order chi connectivity index (χ1) is 15.5. The normalized spacial score (nSPS) is 11.6. The number of hydrogen-bond donors (Lipinski definition) is 3. The maximum Gasteiger partial charge on any atom is 0.119 e. The molecular weight excluding hydrogens is 406 g/mol. The van der Waals surface area contributed by atoms with Gasteiger partial charge in [-0.1, -0.05) is 90.1 Å². The van der Waals surface area contributed by atoms with Crippen LogP contribution in [0, 0.1) is 0 Å². The van der Waals surface area contributed by atoms with Crippen molar-refractivity contribution in [2.75, 3.05) is 5.32 Å². The lowest BCUT2D eigenvalue weighted by molar-refractivity contribution is 0.409. The molecule has 4 aromatic carbocycles. The Morgan fingerprint density at radius 2 is 1.00 bits per heavy atom. The maximum atomic E-state index is 10.0. The second kappa shape index (κ2) is 9.58. The van der Waals surface area contributed by atoms with Crippen LogP contribution in [0.15, 0.2) is 84.9 Å². The van der Waals surface area contributed by atoms with Gasteiger partial charge in [-0.15, -0.1) is 0 Å². The SMILES string of the molecule is CC(C)(C)c1c(O)ccc(O)c1C(C)(C)C.c1ccc(Nc2ccc3ccccc3c2)cc1. The maximum absolute atomic E-state index is 10.0. The Labute approximate surface area is 197 Å². The highest BCUT2D eigenvalue weighted by atomic mass is 16.3. The first kappa shape index (κ1) is 24.2. The highest BCUT2D eigenvalue weighted by Crippen LogP contribution is 2.43. The standard InChI is InChI=1S/C16H13N.C14H22O2/c1-2-8-15(9-3-1)17-16-11-10-13-6-4-5-7-14(13)12-16;1-13(2,3)11-9(15)7-8-10(16)12(11)14(4,5)6/h1-12,17H;7-8,15-16H,1-6H3. The van der Waals surface area contributed by atoms with E-state index in [9.17, 15) is 10.2 Å². The van der Waals surface area contributed by atoms with E-state index in [4.69, 9.17) is 0 Å². The minimum atomic E-state index is -0.189. The van der Waals surface area contributed by atoms with E-state index in [2.05, 4.69) is 59.9 Å². The third kappa shape index (κ3) is 6.07. The van der Waals surface area contributed by atoms with E-state index in [0.717, 1.165) is 22.5 Å². The molecule has 3 nitrogen and oxygen atoms in total. The van der Waals surface area contributed by atoms with Gasteiger partial charge in [0.15, 0.2) is 0 Å². The van der Waals surface area contributed by atoms with Crippen LogP contribution in [0.3, 0.4) is 0 Å². The average Bonchev–Trinajstić information content (AvgIpc) is 2.75. The molecule has 0 aromatic heterocycles. The summed E-state index contributed by atoms with van der Waals surface area (Å²) in [4.78, 5) is 0. The van der Waals surface area contributed by atoms with E-state index in [1.165, 1.54) is 10.8 Å². The molecule has 0 saturated carbocycles. The van der Waals surface area contributed by atoms with Crippen LogP contribution in [-0.4, -0.2) is 10.2 Å². The number of benzene rings is 4. The Bertz CT molecular complexity index is 1180. The molecule has 0 bridgehead atoms. The molecule has 0 aliphatic heterocycles. The molecule has 3 N–H and O–H groups in total. The van der Waals surface area contributed by atoms with Crippen LogP contribution in [0.4, 0.5) is 11.4 Å². The van der Waals surface area contributed by atoms with Crippen LogP contribution < -0.4 is 5.32 Å². The predicted octanol–water partition coefficient (Wildman–Crippen LogP) is 8.28. The number of nitrogens with one attached hydrogen (secondary N) is 1. The Kier molecular flexibility index (Phi) is 7.02. The third-order valence-electron chi connectivity index (χ3n) is 5.47. The van der Waals surface area contributed by atoms with Gasteiger partial charge < -0.3 is 15.5 Å². The lowest BCUT2D eigenvalue weighted by Gasteiger charge is -2.31. The fraction of sp³-hybridized carbons (Fsp3) is 0.267. The molecular formula is C30H35NO2. The van der Waals surface area contributed by atoms with E-state index in [0.29, 0.717) is 0 Å². The quantitative estimate of drug-likeness (QED) is 0.274. The summed E-state index contributed by atoms with van der Waals surface area (Å²) in [6, 6.07) is 28.1. The van der Waals surface area contributed by atoms with Gasteiger partial charge in [0.05, 0.1) is 0 Å². The van der Waals surface area contributed by atoms with Crippen LogP contribution in [-0.2, 0) is 10.8 Å². The summed E-state index contributed by atoms with van der Waals surface area (Å²) in [5.74, 6) is 0.519. The molecule has 0 saturated heterocycles. The molecule has 0 amide bonds. The van der Waals surface area contributed by atoms with Crippen molar-refractivity contribution >= 4 is 22.1 Å². The summed E-state index contributed by atoms with van der Waals surface area (Å²) in [5, 5.41) is 25.9. The lowest BCUT2D eigenvalue weighted by Crippen LogP contribution is -2.22. The van der Waals surface area contributed by atoms with Crippen molar-refractivity contribution in [3.8, 4) is 11.5 Å². The van der Waals surface area contributed by atoms with E-state index < -0.39 is 0 Å².